The molecule has 5 nitrogen and oxygen atoms in total. The summed E-state index contributed by atoms with van der Waals surface area (Å²) >= 11 is 3.23. The fourth-order valence-corrected chi connectivity index (χ4v) is 2.05. The highest BCUT2D eigenvalue weighted by molar-refractivity contribution is 9.10. The van der Waals surface area contributed by atoms with E-state index in [4.69, 9.17) is 4.74 Å². The van der Waals surface area contributed by atoms with Gasteiger partial charge in [-0.05, 0) is 12.1 Å². The second-order valence-corrected chi connectivity index (χ2v) is 5.23. The van der Waals surface area contributed by atoms with Crippen LogP contribution in [0.15, 0.2) is 28.9 Å². The number of benzene rings is 1. The highest BCUT2D eigenvalue weighted by atomic mass is 79.9. The molecule has 0 radical (unpaired) electrons. The molecule has 7 heteroatoms. The molecule has 0 aliphatic heterocycles. The summed E-state index contributed by atoms with van der Waals surface area (Å²) in [7, 11) is 1.66. The quantitative estimate of drug-likeness (QED) is 0.781. The molecule has 108 valence electrons. The van der Waals surface area contributed by atoms with Crippen molar-refractivity contribution in [3.05, 3.63) is 45.9 Å². The first kappa shape index (κ1) is 15.1. The van der Waals surface area contributed by atoms with E-state index < -0.39 is 0 Å². The van der Waals surface area contributed by atoms with Crippen LogP contribution in [0.3, 0.4) is 0 Å². The van der Waals surface area contributed by atoms with Gasteiger partial charge in [0.25, 0.3) is 0 Å². The summed E-state index contributed by atoms with van der Waals surface area (Å²) in [6.45, 7) is 2.39. The first-order chi connectivity index (χ1) is 9.69. The average molecular weight is 343 g/mol. The Morgan fingerprint density at radius 3 is 3.05 bits per heavy atom. The van der Waals surface area contributed by atoms with Crippen LogP contribution in [0, 0.1) is 5.82 Å². The van der Waals surface area contributed by atoms with Gasteiger partial charge in [-0.1, -0.05) is 27.2 Å². The lowest BCUT2D eigenvalue weighted by molar-refractivity contribution is 0.199. The average Bonchev–Trinajstić information content (AvgIpc) is 2.86. The van der Waals surface area contributed by atoms with Gasteiger partial charge >= 0.3 is 0 Å². The summed E-state index contributed by atoms with van der Waals surface area (Å²) in [5.41, 5.74) is 1.40. The van der Waals surface area contributed by atoms with E-state index in [0.717, 1.165) is 16.7 Å². The molecule has 0 aliphatic rings. The molecule has 0 aliphatic carbocycles. The number of rotatable bonds is 7. The molecule has 0 saturated heterocycles. The second-order valence-electron chi connectivity index (χ2n) is 4.31. The Bertz CT molecular complexity index is 561. The highest BCUT2D eigenvalue weighted by Gasteiger charge is 2.06. The number of ether oxygens (including phenoxy) is 1. The summed E-state index contributed by atoms with van der Waals surface area (Å²) in [5.74, 6) is -0.255. The van der Waals surface area contributed by atoms with Crippen LogP contribution in [-0.2, 0) is 17.8 Å². The predicted molar refractivity (Wildman–Crippen MR) is 76.8 cm³/mol. The van der Waals surface area contributed by atoms with E-state index >= 15 is 0 Å². The second kappa shape index (κ2) is 7.47. The van der Waals surface area contributed by atoms with Gasteiger partial charge in [0.1, 0.15) is 5.82 Å². The van der Waals surface area contributed by atoms with Gasteiger partial charge in [-0.25, -0.2) is 9.07 Å². The molecular formula is C13H16BrFN4O. The van der Waals surface area contributed by atoms with Crippen LogP contribution in [0.25, 0.3) is 0 Å². The van der Waals surface area contributed by atoms with E-state index in [-0.39, 0.29) is 5.82 Å². The monoisotopic (exact) mass is 342 g/mol. The fourth-order valence-electron chi connectivity index (χ4n) is 1.71. The first-order valence-corrected chi connectivity index (χ1v) is 7.01. The van der Waals surface area contributed by atoms with Gasteiger partial charge in [0.2, 0.25) is 0 Å². The molecule has 2 rings (SSSR count). The molecule has 20 heavy (non-hydrogen) atoms. The number of hydrogen-bond donors (Lipinski definition) is 1. The smallest absolute Gasteiger partial charge is 0.129 e. The third-order valence-corrected chi connectivity index (χ3v) is 3.22. The molecule has 1 N–H and O–H groups in total. The van der Waals surface area contributed by atoms with Gasteiger partial charge in [-0.15, -0.1) is 5.10 Å². The zero-order valence-corrected chi connectivity index (χ0v) is 12.7. The molecule has 0 bridgehead atoms. The normalized spacial score (nSPS) is 10.9. The van der Waals surface area contributed by atoms with Crippen molar-refractivity contribution in [2.45, 2.75) is 13.1 Å². The fraction of sp³-hybridized carbons (Fsp3) is 0.385. The van der Waals surface area contributed by atoms with Gasteiger partial charge < -0.3 is 10.1 Å². The van der Waals surface area contributed by atoms with Gasteiger partial charge in [0.15, 0.2) is 0 Å². The lowest BCUT2D eigenvalue weighted by Crippen LogP contribution is -2.18. The molecule has 0 atom stereocenters. The van der Waals surface area contributed by atoms with Gasteiger partial charge in [0.05, 0.1) is 25.0 Å². The Morgan fingerprint density at radius 1 is 1.45 bits per heavy atom. The van der Waals surface area contributed by atoms with E-state index in [1.165, 1.54) is 6.07 Å². The van der Waals surface area contributed by atoms with Crippen LogP contribution in [0.4, 0.5) is 4.39 Å². The van der Waals surface area contributed by atoms with Crippen LogP contribution < -0.4 is 5.32 Å². The van der Waals surface area contributed by atoms with E-state index in [1.807, 2.05) is 6.07 Å². The molecule has 2 aromatic rings. The van der Waals surface area contributed by atoms with Gasteiger partial charge in [0, 0.05) is 30.2 Å². The van der Waals surface area contributed by atoms with Crippen LogP contribution in [0.2, 0.25) is 0 Å². The molecule has 1 heterocycles. The summed E-state index contributed by atoms with van der Waals surface area (Å²) < 4.78 is 21.0. The maximum absolute atomic E-state index is 13.7. The lowest BCUT2D eigenvalue weighted by Gasteiger charge is -2.03. The predicted octanol–water partition coefficient (Wildman–Crippen LogP) is 1.96. The van der Waals surface area contributed by atoms with Gasteiger partial charge in [-0.2, -0.15) is 0 Å². The molecule has 0 amide bonds. The maximum atomic E-state index is 13.7. The number of hydrogen-bond acceptors (Lipinski definition) is 4. The Hall–Kier alpha value is -1.31. The van der Waals surface area contributed by atoms with E-state index in [9.17, 15) is 4.39 Å². The Kier molecular flexibility index (Phi) is 5.63. The van der Waals surface area contributed by atoms with Crippen molar-refractivity contribution in [2.75, 3.05) is 20.3 Å². The molecular weight excluding hydrogens is 327 g/mol. The number of aromatic nitrogens is 3. The number of halogens is 2. The molecule has 0 unspecified atom stereocenters. The lowest BCUT2D eigenvalue weighted by atomic mass is 10.2. The minimum absolute atomic E-state index is 0.255. The van der Waals surface area contributed by atoms with E-state index in [0.29, 0.717) is 25.3 Å². The Morgan fingerprint density at radius 2 is 2.30 bits per heavy atom. The van der Waals surface area contributed by atoms with Crippen LogP contribution in [-0.4, -0.2) is 35.3 Å². The maximum Gasteiger partial charge on any atom is 0.129 e. The topological polar surface area (TPSA) is 52.0 Å². The third-order valence-electron chi connectivity index (χ3n) is 2.72. The van der Waals surface area contributed by atoms with Crippen molar-refractivity contribution >= 4 is 15.9 Å². The number of nitrogens with one attached hydrogen (secondary N) is 1. The molecule has 0 fully saturated rings. The van der Waals surface area contributed by atoms with Crippen molar-refractivity contribution in [2.24, 2.45) is 0 Å². The third kappa shape index (κ3) is 4.36. The number of methoxy groups -OCH3 is 1. The van der Waals surface area contributed by atoms with Crippen molar-refractivity contribution in [1.82, 2.24) is 20.3 Å². The summed E-state index contributed by atoms with van der Waals surface area (Å²) in [6.07, 6.45) is 1.81. The minimum Gasteiger partial charge on any atom is -0.383 e. The Balaban J connectivity index is 1.92. The standard InChI is InChI=1S/C13H16BrFN4O/c1-20-5-4-16-7-12-9-19(18-17-12)8-10-2-3-11(14)6-13(10)15/h2-3,6,9,16H,4-5,7-8H2,1H3. The van der Waals surface area contributed by atoms with Gasteiger partial charge in [-0.3, -0.25) is 0 Å². The molecule has 0 saturated carbocycles. The van der Waals surface area contributed by atoms with Crippen molar-refractivity contribution in [3.63, 3.8) is 0 Å². The zero-order chi connectivity index (χ0) is 14.4. The minimum atomic E-state index is -0.255. The van der Waals surface area contributed by atoms with Crippen LogP contribution >= 0.6 is 15.9 Å². The van der Waals surface area contributed by atoms with Crippen molar-refractivity contribution in [1.29, 1.82) is 0 Å². The van der Waals surface area contributed by atoms with Crippen LogP contribution in [0.1, 0.15) is 11.3 Å². The van der Waals surface area contributed by atoms with Crippen molar-refractivity contribution in [3.8, 4) is 0 Å². The summed E-state index contributed by atoms with van der Waals surface area (Å²) in [4.78, 5) is 0. The summed E-state index contributed by atoms with van der Waals surface area (Å²) in [5, 5.41) is 11.2. The largest absolute Gasteiger partial charge is 0.383 e. The number of nitrogens with zero attached hydrogens (tertiary/aromatic N) is 3. The first-order valence-electron chi connectivity index (χ1n) is 6.21. The Labute approximate surface area is 125 Å². The highest BCUT2D eigenvalue weighted by Crippen LogP contribution is 2.16. The SMILES string of the molecule is COCCNCc1cn(Cc2ccc(Br)cc2F)nn1. The molecule has 1 aromatic heterocycles. The molecule has 0 spiro atoms. The van der Waals surface area contributed by atoms with Crippen molar-refractivity contribution < 1.29 is 9.13 Å². The van der Waals surface area contributed by atoms with E-state index in [2.05, 4.69) is 31.6 Å². The summed E-state index contributed by atoms with van der Waals surface area (Å²) in [6, 6.07) is 4.99. The van der Waals surface area contributed by atoms with Crippen LogP contribution in [0.5, 0.6) is 0 Å². The van der Waals surface area contributed by atoms with E-state index in [1.54, 1.807) is 24.1 Å². The zero-order valence-electron chi connectivity index (χ0n) is 11.1. The molecule has 1 aromatic carbocycles.